The van der Waals surface area contributed by atoms with Crippen molar-refractivity contribution in [2.24, 2.45) is 5.73 Å². The smallest absolute Gasteiger partial charge is 0.251 e. The molecule has 0 aliphatic rings. The molecule has 0 saturated heterocycles. The third kappa shape index (κ3) is 7.31. The zero-order chi connectivity index (χ0) is 19.6. The molecule has 6 nitrogen and oxygen atoms in total. The molecule has 1 atom stereocenters. The van der Waals surface area contributed by atoms with Crippen LogP contribution in [0.3, 0.4) is 0 Å². The fraction of sp³-hybridized carbons (Fsp3) is 0.333. The van der Waals surface area contributed by atoms with E-state index in [1.54, 1.807) is 24.3 Å². The number of nitrogens with two attached hydrogens (primary N) is 1. The molecule has 2 amide bonds. The first-order valence-electron chi connectivity index (χ1n) is 9.10. The molecule has 7 heteroatoms. The second kappa shape index (κ2) is 12.1. The Morgan fingerprint density at radius 2 is 1.86 bits per heavy atom. The van der Waals surface area contributed by atoms with E-state index in [9.17, 15) is 9.59 Å². The van der Waals surface area contributed by atoms with E-state index < -0.39 is 6.04 Å². The summed E-state index contributed by atoms with van der Waals surface area (Å²) in [5, 5.41) is 5.61. The van der Waals surface area contributed by atoms with E-state index >= 15 is 0 Å². The number of ether oxygens (including phenoxy) is 1. The molecule has 0 saturated carbocycles. The Morgan fingerprint density at radius 3 is 2.54 bits per heavy atom. The monoisotopic (exact) mass is 405 g/mol. The maximum absolute atomic E-state index is 12.4. The highest BCUT2D eigenvalue weighted by atomic mass is 35.5. The SMILES string of the molecule is CCOCCCNC(=O)c1cccc(NC(=O)C(N)c2ccc(C)cc2)c1.Cl. The summed E-state index contributed by atoms with van der Waals surface area (Å²) in [5.74, 6) is -0.515. The third-order valence-electron chi connectivity index (χ3n) is 4.07. The molecule has 152 valence electrons. The lowest BCUT2D eigenvalue weighted by Crippen LogP contribution is -2.28. The van der Waals surface area contributed by atoms with Crippen LogP contribution in [-0.2, 0) is 9.53 Å². The highest BCUT2D eigenvalue weighted by Crippen LogP contribution is 2.16. The van der Waals surface area contributed by atoms with Gasteiger partial charge in [-0.15, -0.1) is 12.4 Å². The largest absolute Gasteiger partial charge is 0.382 e. The quantitative estimate of drug-likeness (QED) is 0.558. The van der Waals surface area contributed by atoms with Gasteiger partial charge in [-0.3, -0.25) is 9.59 Å². The minimum atomic E-state index is -0.776. The summed E-state index contributed by atoms with van der Waals surface area (Å²) in [6, 6.07) is 13.5. The molecule has 0 radical (unpaired) electrons. The average molecular weight is 406 g/mol. The predicted molar refractivity (Wildman–Crippen MR) is 114 cm³/mol. The number of carbonyl (C=O) groups is 2. The van der Waals surface area contributed by atoms with Gasteiger partial charge in [-0.2, -0.15) is 0 Å². The second-order valence-corrected chi connectivity index (χ2v) is 6.26. The number of anilines is 1. The van der Waals surface area contributed by atoms with Gasteiger partial charge >= 0.3 is 0 Å². The number of halogens is 1. The first-order chi connectivity index (χ1) is 13.0. The number of nitrogens with one attached hydrogen (secondary N) is 2. The molecule has 0 aromatic heterocycles. The zero-order valence-electron chi connectivity index (χ0n) is 16.2. The fourth-order valence-electron chi connectivity index (χ4n) is 2.51. The van der Waals surface area contributed by atoms with Gasteiger partial charge in [0.1, 0.15) is 6.04 Å². The predicted octanol–water partition coefficient (Wildman–Crippen LogP) is 3.21. The van der Waals surface area contributed by atoms with Crippen molar-refractivity contribution in [2.45, 2.75) is 26.3 Å². The van der Waals surface area contributed by atoms with Crippen molar-refractivity contribution in [1.82, 2.24) is 5.32 Å². The number of rotatable bonds is 9. The van der Waals surface area contributed by atoms with Gasteiger partial charge < -0.3 is 21.1 Å². The van der Waals surface area contributed by atoms with Gasteiger partial charge in [0.05, 0.1) is 0 Å². The van der Waals surface area contributed by atoms with Crippen LogP contribution in [0.2, 0.25) is 0 Å². The normalized spacial score (nSPS) is 11.2. The summed E-state index contributed by atoms with van der Waals surface area (Å²) >= 11 is 0. The summed E-state index contributed by atoms with van der Waals surface area (Å²) in [4.78, 5) is 24.6. The van der Waals surface area contributed by atoms with E-state index in [1.807, 2.05) is 38.1 Å². The van der Waals surface area contributed by atoms with Gasteiger partial charge in [-0.25, -0.2) is 0 Å². The molecule has 4 N–H and O–H groups in total. The van der Waals surface area contributed by atoms with E-state index in [2.05, 4.69) is 10.6 Å². The lowest BCUT2D eigenvalue weighted by molar-refractivity contribution is -0.117. The third-order valence-corrected chi connectivity index (χ3v) is 4.07. The van der Waals surface area contributed by atoms with Crippen molar-refractivity contribution in [3.8, 4) is 0 Å². The van der Waals surface area contributed by atoms with Gasteiger partial charge in [0.25, 0.3) is 5.91 Å². The highest BCUT2D eigenvalue weighted by Gasteiger charge is 2.16. The van der Waals surface area contributed by atoms with E-state index in [4.69, 9.17) is 10.5 Å². The summed E-state index contributed by atoms with van der Waals surface area (Å²) in [7, 11) is 0. The molecule has 1 unspecified atom stereocenters. The van der Waals surface area contributed by atoms with Crippen molar-refractivity contribution < 1.29 is 14.3 Å². The molecule has 2 rings (SSSR count). The van der Waals surface area contributed by atoms with E-state index in [1.165, 1.54) is 0 Å². The number of amides is 2. The Balaban J connectivity index is 0.00000392. The van der Waals surface area contributed by atoms with E-state index in [-0.39, 0.29) is 24.2 Å². The lowest BCUT2D eigenvalue weighted by atomic mass is 10.1. The van der Waals surface area contributed by atoms with E-state index in [0.717, 1.165) is 17.5 Å². The molecular formula is C21H28ClN3O3. The second-order valence-electron chi connectivity index (χ2n) is 6.26. The number of hydrogen-bond donors (Lipinski definition) is 3. The maximum Gasteiger partial charge on any atom is 0.251 e. The van der Waals surface area contributed by atoms with E-state index in [0.29, 0.717) is 31.0 Å². The Kier molecular flexibility index (Phi) is 10.2. The summed E-state index contributed by atoms with van der Waals surface area (Å²) in [6.07, 6.45) is 0.751. The first-order valence-corrected chi connectivity index (χ1v) is 9.10. The summed E-state index contributed by atoms with van der Waals surface area (Å²) in [5.41, 5.74) is 8.89. The van der Waals surface area contributed by atoms with Gasteiger partial charge in [-0.05, 0) is 44.0 Å². The number of aryl methyl sites for hydroxylation is 1. The topological polar surface area (TPSA) is 93.5 Å². The van der Waals surface area contributed by atoms with Crippen LogP contribution in [0, 0.1) is 6.92 Å². The maximum atomic E-state index is 12.4. The lowest BCUT2D eigenvalue weighted by Gasteiger charge is -2.13. The average Bonchev–Trinajstić information content (AvgIpc) is 2.68. The van der Waals surface area contributed by atoms with Gasteiger partial charge in [0, 0.05) is 31.0 Å². The Labute approximate surface area is 172 Å². The molecule has 0 fully saturated rings. The van der Waals surface area contributed by atoms with Crippen molar-refractivity contribution in [3.63, 3.8) is 0 Å². The van der Waals surface area contributed by atoms with Crippen LogP contribution in [0.4, 0.5) is 5.69 Å². The van der Waals surface area contributed by atoms with Crippen LogP contribution in [0.25, 0.3) is 0 Å². The number of hydrogen-bond acceptors (Lipinski definition) is 4. The first kappa shape index (κ1) is 23.6. The molecule has 0 heterocycles. The Bertz CT molecular complexity index is 766. The molecule has 2 aromatic carbocycles. The van der Waals surface area contributed by atoms with Crippen LogP contribution >= 0.6 is 12.4 Å². The molecule has 0 aliphatic heterocycles. The molecule has 0 bridgehead atoms. The van der Waals surface area contributed by atoms with Gasteiger partial charge in [0.2, 0.25) is 5.91 Å². The minimum absolute atomic E-state index is 0. The zero-order valence-corrected chi connectivity index (χ0v) is 17.1. The molecule has 28 heavy (non-hydrogen) atoms. The van der Waals surface area contributed by atoms with Crippen LogP contribution in [0.1, 0.15) is 40.9 Å². The van der Waals surface area contributed by atoms with Crippen LogP contribution in [-0.4, -0.2) is 31.6 Å². The highest BCUT2D eigenvalue weighted by molar-refractivity contribution is 5.98. The van der Waals surface area contributed by atoms with Crippen LogP contribution < -0.4 is 16.4 Å². The summed E-state index contributed by atoms with van der Waals surface area (Å²) in [6.45, 7) is 5.73. The molecule has 0 spiro atoms. The molecule has 0 aliphatic carbocycles. The summed E-state index contributed by atoms with van der Waals surface area (Å²) < 4.78 is 5.24. The number of carbonyl (C=O) groups excluding carboxylic acids is 2. The minimum Gasteiger partial charge on any atom is -0.382 e. The molecular weight excluding hydrogens is 378 g/mol. The van der Waals surface area contributed by atoms with Crippen molar-refractivity contribution >= 4 is 29.9 Å². The standard InChI is InChI=1S/C21H27N3O3.ClH/c1-3-27-13-5-12-23-20(25)17-6-4-7-18(14-17)24-21(26)19(22)16-10-8-15(2)9-11-16;/h4,6-11,14,19H,3,5,12-13,22H2,1-2H3,(H,23,25)(H,24,26);1H. The van der Waals surface area contributed by atoms with Crippen LogP contribution in [0.5, 0.6) is 0 Å². The fourth-order valence-corrected chi connectivity index (χ4v) is 2.51. The molecule has 2 aromatic rings. The van der Waals surface area contributed by atoms with Gasteiger partial charge in [-0.1, -0.05) is 35.9 Å². The number of benzene rings is 2. The van der Waals surface area contributed by atoms with Gasteiger partial charge in [0.15, 0.2) is 0 Å². The van der Waals surface area contributed by atoms with Crippen LogP contribution in [0.15, 0.2) is 48.5 Å². The Morgan fingerprint density at radius 1 is 1.14 bits per heavy atom. The van der Waals surface area contributed by atoms with Crippen molar-refractivity contribution in [2.75, 3.05) is 25.1 Å². The van der Waals surface area contributed by atoms with Crippen molar-refractivity contribution in [1.29, 1.82) is 0 Å². The van der Waals surface area contributed by atoms with Crippen molar-refractivity contribution in [3.05, 3.63) is 65.2 Å². The Hall–Kier alpha value is -2.41.